The summed E-state index contributed by atoms with van der Waals surface area (Å²) in [4.78, 5) is 53.4. The number of carbonyl (C=O) groups excluding carboxylic acids is 4. The molecular formula is C30H39N3O7. The van der Waals surface area contributed by atoms with Gasteiger partial charge in [0.15, 0.2) is 0 Å². The fourth-order valence-electron chi connectivity index (χ4n) is 4.71. The number of methoxy groups -OCH3 is 1. The van der Waals surface area contributed by atoms with Crippen molar-refractivity contribution < 1.29 is 33.8 Å². The van der Waals surface area contributed by atoms with E-state index in [1.165, 1.54) is 19.2 Å². The van der Waals surface area contributed by atoms with Crippen LogP contribution in [0.2, 0.25) is 0 Å². The third-order valence-electron chi connectivity index (χ3n) is 6.55. The number of nitrogens with zero attached hydrogens (tertiary/aromatic N) is 1. The van der Waals surface area contributed by atoms with Gasteiger partial charge in [-0.1, -0.05) is 42.5 Å². The fraction of sp³-hybridized carbons (Fsp3) is 0.467. The van der Waals surface area contributed by atoms with Crippen molar-refractivity contribution in [1.29, 1.82) is 0 Å². The van der Waals surface area contributed by atoms with Crippen LogP contribution in [0.25, 0.3) is 0 Å². The molecule has 40 heavy (non-hydrogen) atoms. The van der Waals surface area contributed by atoms with E-state index in [-0.39, 0.29) is 36.8 Å². The van der Waals surface area contributed by atoms with Crippen LogP contribution in [0.4, 0.5) is 4.79 Å². The first-order chi connectivity index (χ1) is 18.9. The van der Waals surface area contributed by atoms with Crippen LogP contribution in [0.15, 0.2) is 54.6 Å². The van der Waals surface area contributed by atoms with Crippen LogP contribution in [0, 0.1) is 0 Å². The highest BCUT2D eigenvalue weighted by Gasteiger charge is 2.36. The summed E-state index contributed by atoms with van der Waals surface area (Å²) in [5.41, 5.74) is 0.865. The van der Waals surface area contributed by atoms with Gasteiger partial charge in [-0.25, -0.2) is 9.59 Å². The van der Waals surface area contributed by atoms with E-state index in [4.69, 9.17) is 9.47 Å². The van der Waals surface area contributed by atoms with Gasteiger partial charge in [-0.2, -0.15) is 0 Å². The first-order valence-electron chi connectivity index (χ1n) is 13.4. The molecular weight excluding hydrogens is 514 g/mol. The summed E-state index contributed by atoms with van der Waals surface area (Å²) >= 11 is 0. The molecule has 1 saturated heterocycles. The van der Waals surface area contributed by atoms with Gasteiger partial charge in [-0.15, -0.1) is 0 Å². The van der Waals surface area contributed by atoms with E-state index < -0.39 is 35.8 Å². The Hall–Kier alpha value is -4.08. The van der Waals surface area contributed by atoms with Gasteiger partial charge in [0.25, 0.3) is 0 Å². The molecule has 0 saturated carbocycles. The number of hydrogen-bond donors (Lipinski definition) is 3. The third-order valence-corrected chi connectivity index (χ3v) is 6.55. The van der Waals surface area contributed by atoms with Crippen LogP contribution in [0.1, 0.15) is 51.2 Å². The van der Waals surface area contributed by atoms with Gasteiger partial charge in [0.05, 0.1) is 7.11 Å². The molecule has 3 N–H and O–H groups in total. The van der Waals surface area contributed by atoms with E-state index in [0.29, 0.717) is 19.4 Å². The zero-order valence-electron chi connectivity index (χ0n) is 23.5. The molecule has 2 aromatic carbocycles. The second-order valence-corrected chi connectivity index (χ2v) is 10.9. The van der Waals surface area contributed by atoms with E-state index in [0.717, 1.165) is 11.1 Å². The number of aromatic hydroxyl groups is 1. The van der Waals surface area contributed by atoms with Gasteiger partial charge in [-0.3, -0.25) is 9.59 Å². The van der Waals surface area contributed by atoms with Crippen molar-refractivity contribution in [2.75, 3.05) is 13.7 Å². The zero-order valence-corrected chi connectivity index (χ0v) is 23.5. The number of benzene rings is 2. The Balaban J connectivity index is 1.71. The Kier molecular flexibility index (Phi) is 10.5. The van der Waals surface area contributed by atoms with Gasteiger partial charge in [0.2, 0.25) is 11.8 Å². The minimum atomic E-state index is -0.941. The monoisotopic (exact) mass is 553 g/mol. The highest BCUT2D eigenvalue weighted by atomic mass is 16.6. The summed E-state index contributed by atoms with van der Waals surface area (Å²) in [6, 6.07) is 13.5. The molecule has 1 fully saturated rings. The number of phenolic OH excluding ortho intramolecular Hbond substituents is 1. The van der Waals surface area contributed by atoms with E-state index >= 15 is 0 Å². The summed E-state index contributed by atoms with van der Waals surface area (Å²) in [6.07, 6.45) is 1.05. The van der Waals surface area contributed by atoms with Crippen molar-refractivity contribution in [2.45, 2.75) is 76.6 Å². The van der Waals surface area contributed by atoms with Gasteiger partial charge in [0.1, 0.15) is 23.4 Å². The minimum absolute atomic E-state index is 0.00634. The van der Waals surface area contributed by atoms with Crippen molar-refractivity contribution in [3.05, 3.63) is 65.7 Å². The number of likely N-dealkylation sites (tertiary alicyclic amines) is 1. The maximum Gasteiger partial charge on any atom is 0.408 e. The van der Waals surface area contributed by atoms with Gasteiger partial charge in [-0.05, 0) is 56.9 Å². The molecule has 2 aromatic rings. The number of phenols is 1. The van der Waals surface area contributed by atoms with E-state index in [9.17, 15) is 24.3 Å². The van der Waals surface area contributed by atoms with Crippen molar-refractivity contribution >= 4 is 23.9 Å². The molecule has 0 radical (unpaired) electrons. The standard InChI is InChI=1S/C30H39N3O7/c1-30(2,3)40-29(38)32-24(17-21-12-14-23(34)15-13-21)27(36)33-16-8-11-22(33)19-26(35)31-25(28(37)39-4)18-20-9-6-5-7-10-20/h5-7,9-10,12-15,22,24-25,34H,8,11,16-19H2,1-4H3,(H,31,35)(H,32,38)/t22-,24-,25-/m0/s1. The Bertz CT molecular complexity index is 1160. The van der Waals surface area contributed by atoms with Crippen molar-refractivity contribution in [3.8, 4) is 5.75 Å². The van der Waals surface area contributed by atoms with Crippen LogP contribution >= 0.6 is 0 Å². The van der Waals surface area contributed by atoms with Crippen molar-refractivity contribution in [1.82, 2.24) is 15.5 Å². The summed E-state index contributed by atoms with van der Waals surface area (Å²) in [6.45, 7) is 5.64. The van der Waals surface area contributed by atoms with Crippen molar-refractivity contribution in [2.24, 2.45) is 0 Å². The highest BCUT2D eigenvalue weighted by molar-refractivity contribution is 5.88. The smallest absolute Gasteiger partial charge is 0.408 e. The van der Waals surface area contributed by atoms with Crippen LogP contribution in [-0.4, -0.2) is 71.3 Å². The number of amides is 3. The van der Waals surface area contributed by atoms with Gasteiger partial charge >= 0.3 is 12.1 Å². The summed E-state index contributed by atoms with van der Waals surface area (Å²) < 4.78 is 10.3. The van der Waals surface area contributed by atoms with Gasteiger partial charge in [0, 0.05) is 31.8 Å². The predicted molar refractivity (Wildman–Crippen MR) is 148 cm³/mol. The van der Waals surface area contributed by atoms with Crippen LogP contribution in [0.3, 0.4) is 0 Å². The molecule has 0 spiro atoms. The van der Waals surface area contributed by atoms with Crippen LogP contribution < -0.4 is 10.6 Å². The molecule has 216 valence electrons. The van der Waals surface area contributed by atoms with E-state index in [2.05, 4.69) is 10.6 Å². The molecule has 3 rings (SSSR count). The Morgan fingerprint density at radius 3 is 2.20 bits per heavy atom. The molecule has 1 aliphatic heterocycles. The molecule has 0 aliphatic carbocycles. The summed E-state index contributed by atoms with van der Waals surface area (Å²) in [5.74, 6) is -1.16. The Labute approximate surface area is 235 Å². The molecule has 3 atom stereocenters. The van der Waals surface area contributed by atoms with Gasteiger partial charge < -0.3 is 30.1 Å². The Morgan fingerprint density at radius 2 is 1.57 bits per heavy atom. The number of carbonyl (C=O) groups is 4. The van der Waals surface area contributed by atoms with Crippen LogP contribution in [-0.2, 0) is 36.7 Å². The fourth-order valence-corrected chi connectivity index (χ4v) is 4.71. The maximum absolute atomic E-state index is 13.7. The normalized spacial score (nSPS) is 16.5. The number of esters is 1. The lowest BCUT2D eigenvalue weighted by Crippen LogP contribution is -2.53. The van der Waals surface area contributed by atoms with E-state index in [1.807, 2.05) is 30.3 Å². The summed E-state index contributed by atoms with van der Waals surface area (Å²) in [5, 5.41) is 15.1. The lowest BCUT2D eigenvalue weighted by atomic mass is 10.0. The second-order valence-electron chi connectivity index (χ2n) is 10.9. The third kappa shape index (κ3) is 9.29. The first kappa shape index (κ1) is 30.5. The predicted octanol–water partition coefficient (Wildman–Crippen LogP) is 3.11. The SMILES string of the molecule is COC(=O)[C@H](Cc1ccccc1)NC(=O)C[C@@H]1CCCN1C(=O)[C@H](Cc1ccc(O)cc1)NC(=O)OC(C)(C)C. The number of alkyl carbamates (subject to hydrolysis) is 1. The number of hydrogen-bond acceptors (Lipinski definition) is 7. The largest absolute Gasteiger partial charge is 0.508 e. The average Bonchev–Trinajstić information content (AvgIpc) is 3.35. The zero-order chi connectivity index (χ0) is 29.3. The lowest BCUT2D eigenvalue weighted by Gasteiger charge is -2.30. The Morgan fingerprint density at radius 1 is 0.950 bits per heavy atom. The first-order valence-corrected chi connectivity index (χ1v) is 13.4. The molecule has 1 heterocycles. The number of ether oxygens (including phenoxy) is 2. The topological polar surface area (TPSA) is 134 Å². The average molecular weight is 554 g/mol. The second kappa shape index (κ2) is 13.8. The van der Waals surface area contributed by atoms with Crippen molar-refractivity contribution in [3.63, 3.8) is 0 Å². The lowest BCUT2D eigenvalue weighted by molar-refractivity contribution is -0.145. The molecule has 10 nitrogen and oxygen atoms in total. The van der Waals surface area contributed by atoms with E-state index in [1.54, 1.807) is 37.8 Å². The minimum Gasteiger partial charge on any atom is -0.508 e. The molecule has 0 aromatic heterocycles. The number of rotatable bonds is 10. The molecule has 10 heteroatoms. The maximum atomic E-state index is 13.7. The molecule has 1 aliphatic rings. The number of nitrogens with one attached hydrogen (secondary N) is 2. The molecule has 0 bridgehead atoms. The molecule has 3 amide bonds. The summed E-state index contributed by atoms with van der Waals surface area (Å²) in [7, 11) is 1.27. The highest BCUT2D eigenvalue weighted by Crippen LogP contribution is 2.23. The van der Waals surface area contributed by atoms with Crippen LogP contribution in [0.5, 0.6) is 5.75 Å². The molecule has 0 unspecified atom stereocenters. The quantitative estimate of drug-likeness (QED) is 0.385.